The van der Waals surface area contributed by atoms with Crippen molar-refractivity contribution in [3.63, 3.8) is 0 Å². The Morgan fingerprint density at radius 2 is 2.08 bits per heavy atom. The Labute approximate surface area is 73.0 Å². The SMILES string of the molecule is CCCc1cc(O)cc(C)c1N. The quantitative estimate of drug-likeness (QED) is 0.521. The van der Waals surface area contributed by atoms with E-state index in [0.29, 0.717) is 5.75 Å². The van der Waals surface area contributed by atoms with Gasteiger partial charge >= 0.3 is 0 Å². The summed E-state index contributed by atoms with van der Waals surface area (Å²) in [5, 5.41) is 9.29. The van der Waals surface area contributed by atoms with Crippen molar-refractivity contribution in [1.82, 2.24) is 0 Å². The summed E-state index contributed by atoms with van der Waals surface area (Å²) in [6, 6.07) is 3.43. The first-order valence-corrected chi connectivity index (χ1v) is 4.23. The molecule has 3 N–H and O–H groups in total. The highest BCUT2D eigenvalue weighted by atomic mass is 16.3. The van der Waals surface area contributed by atoms with E-state index in [1.807, 2.05) is 6.92 Å². The fourth-order valence-corrected chi connectivity index (χ4v) is 1.33. The highest BCUT2D eigenvalue weighted by molar-refractivity contribution is 5.56. The molecule has 1 aromatic rings. The van der Waals surface area contributed by atoms with E-state index in [0.717, 1.165) is 29.7 Å². The van der Waals surface area contributed by atoms with Gasteiger partial charge in [-0.15, -0.1) is 0 Å². The molecule has 0 aliphatic carbocycles. The average Bonchev–Trinajstić information content (AvgIpc) is 2.00. The van der Waals surface area contributed by atoms with Crippen LogP contribution in [0.4, 0.5) is 5.69 Å². The number of nitrogens with two attached hydrogens (primary N) is 1. The van der Waals surface area contributed by atoms with Gasteiger partial charge in [-0.3, -0.25) is 0 Å². The molecule has 0 amide bonds. The Morgan fingerprint density at radius 1 is 1.42 bits per heavy atom. The molecule has 0 bridgehead atoms. The normalized spacial score (nSPS) is 10.2. The lowest BCUT2D eigenvalue weighted by molar-refractivity contribution is 0.474. The van der Waals surface area contributed by atoms with E-state index in [1.54, 1.807) is 12.1 Å². The zero-order valence-corrected chi connectivity index (χ0v) is 7.59. The van der Waals surface area contributed by atoms with E-state index in [1.165, 1.54) is 0 Å². The summed E-state index contributed by atoms with van der Waals surface area (Å²) in [5.74, 6) is 0.310. The van der Waals surface area contributed by atoms with Gasteiger partial charge in [0.15, 0.2) is 0 Å². The number of hydrogen-bond acceptors (Lipinski definition) is 2. The van der Waals surface area contributed by atoms with E-state index in [9.17, 15) is 5.11 Å². The maximum Gasteiger partial charge on any atom is 0.116 e. The molecule has 0 saturated carbocycles. The van der Waals surface area contributed by atoms with E-state index in [-0.39, 0.29) is 0 Å². The summed E-state index contributed by atoms with van der Waals surface area (Å²) in [5.41, 5.74) is 8.65. The molecule has 1 rings (SSSR count). The lowest BCUT2D eigenvalue weighted by atomic mass is 10.0. The van der Waals surface area contributed by atoms with Gasteiger partial charge in [0.25, 0.3) is 0 Å². The molecule has 66 valence electrons. The third-order valence-electron chi connectivity index (χ3n) is 1.98. The molecule has 0 fully saturated rings. The molecule has 0 atom stereocenters. The third-order valence-corrected chi connectivity index (χ3v) is 1.98. The van der Waals surface area contributed by atoms with Crippen LogP contribution < -0.4 is 5.73 Å². The Balaban J connectivity index is 3.09. The average molecular weight is 165 g/mol. The highest BCUT2D eigenvalue weighted by Gasteiger charge is 2.02. The zero-order valence-electron chi connectivity index (χ0n) is 7.59. The Hall–Kier alpha value is -1.18. The molecular formula is C10H15NO. The molecule has 0 aromatic heterocycles. The van der Waals surface area contributed by atoms with E-state index in [4.69, 9.17) is 5.73 Å². The van der Waals surface area contributed by atoms with Crippen LogP contribution in [0, 0.1) is 6.92 Å². The van der Waals surface area contributed by atoms with Crippen molar-refractivity contribution in [2.45, 2.75) is 26.7 Å². The molecule has 0 aliphatic rings. The maximum absolute atomic E-state index is 9.29. The van der Waals surface area contributed by atoms with Gasteiger partial charge in [0.05, 0.1) is 0 Å². The zero-order chi connectivity index (χ0) is 9.14. The standard InChI is InChI=1S/C10H15NO/c1-3-4-8-6-9(12)5-7(2)10(8)11/h5-6,12H,3-4,11H2,1-2H3. The second kappa shape index (κ2) is 3.48. The molecule has 0 heterocycles. The number of rotatable bonds is 2. The molecule has 0 aliphatic heterocycles. The largest absolute Gasteiger partial charge is 0.508 e. The Bertz CT molecular complexity index is 281. The van der Waals surface area contributed by atoms with Crippen LogP contribution in [-0.4, -0.2) is 5.11 Å². The lowest BCUT2D eigenvalue weighted by Crippen LogP contribution is -1.96. The summed E-state index contributed by atoms with van der Waals surface area (Å²) >= 11 is 0. The second-order valence-electron chi connectivity index (χ2n) is 3.09. The summed E-state index contributed by atoms with van der Waals surface area (Å²) in [7, 11) is 0. The summed E-state index contributed by atoms with van der Waals surface area (Å²) in [6.07, 6.45) is 1.98. The van der Waals surface area contributed by atoms with Gasteiger partial charge in [0.1, 0.15) is 5.75 Å². The number of phenolic OH excluding ortho intramolecular Hbond substituents is 1. The lowest BCUT2D eigenvalue weighted by Gasteiger charge is -2.07. The van der Waals surface area contributed by atoms with Crippen LogP contribution in [0.2, 0.25) is 0 Å². The van der Waals surface area contributed by atoms with Gasteiger partial charge in [0, 0.05) is 5.69 Å². The van der Waals surface area contributed by atoms with Crippen molar-refractivity contribution in [1.29, 1.82) is 0 Å². The Kier molecular flexibility index (Phi) is 2.58. The molecular weight excluding hydrogens is 150 g/mol. The molecule has 12 heavy (non-hydrogen) atoms. The van der Waals surface area contributed by atoms with Crippen LogP contribution in [0.15, 0.2) is 12.1 Å². The van der Waals surface area contributed by atoms with Crippen molar-refractivity contribution >= 4 is 5.69 Å². The van der Waals surface area contributed by atoms with E-state index in [2.05, 4.69) is 6.92 Å². The molecule has 2 heteroatoms. The molecule has 2 nitrogen and oxygen atoms in total. The summed E-state index contributed by atoms with van der Waals surface area (Å²) in [4.78, 5) is 0. The van der Waals surface area contributed by atoms with Gasteiger partial charge < -0.3 is 10.8 Å². The van der Waals surface area contributed by atoms with Crippen molar-refractivity contribution in [3.8, 4) is 5.75 Å². The minimum atomic E-state index is 0.310. The number of aromatic hydroxyl groups is 1. The fourth-order valence-electron chi connectivity index (χ4n) is 1.33. The fraction of sp³-hybridized carbons (Fsp3) is 0.400. The first-order valence-electron chi connectivity index (χ1n) is 4.23. The van der Waals surface area contributed by atoms with Crippen molar-refractivity contribution < 1.29 is 5.11 Å². The molecule has 0 radical (unpaired) electrons. The second-order valence-corrected chi connectivity index (χ2v) is 3.09. The van der Waals surface area contributed by atoms with Gasteiger partial charge in [-0.25, -0.2) is 0 Å². The number of hydrogen-bond donors (Lipinski definition) is 2. The van der Waals surface area contributed by atoms with Crippen LogP contribution in [-0.2, 0) is 6.42 Å². The van der Waals surface area contributed by atoms with Crippen LogP contribution in [0.5, 0.6) is 5.75 Å². The Morgan fingerprint density at radius 3 is 2.67 bits per heavy atom. The van der Waals surface area contributed by atoms with Crippen LogP contribution in [0.25, 0.3) is 0 Å². The first kappa shape index (κ1) is 8.91. The number of benzene rings is 1. The van der Waals surface area contributed by atoms with E-state index < -0.39 is 0 Å². The summed E-state index contributed by atoms with van der Waals surface area (Å²) in [6.45, 7) is 4.01. The predicted molar refractivity (Wildman–Crippen MR) is 51.3 cm³/mol. The number of aryl methyl sites for hydroxylation is 2. The van der Waals surface area contributed by atoms with Gasteiger partial charge in [-0.1, -0.05) is 13.3 Å². The van der Waals surface area contributed by atoms with Crippen molar-refractivity contribution in [2.24, 2.45) is 0 Å². The first-order chi connectivity index (χ1) is 5.65. The third kappa shape index (κ3) is 1.70. The minimum absolute atomic E-state index is 0.310. The predicted octanol–water partition coefficient (Wildman–Crippen LogP) is 2.24. The highest BCUT2D eigenvalue weighted by Crippen LogP contribution is 2.24. The monoisotopic (exact) mass is 165 g/mol. The number of anilines is 1. The van der Waals surface area contributed by atoms with E-state index >= 15 is 0 Å². The minimum Gasteiger partial charge on any atom is -0.508 e. The van der Waals surface area contributed by atoms with Gasteiger partial charge in [-0.05, 0) is 36.6 Å². The van der Waals surface area contributed by atoms with Crippen molar-refractivity contribution in [3.05, 3.63) is 23.3 Å². The van der Waals surface area contributed by atoms with Crippen LogP contribution >= 0.6 is 0 Å². The number of phenols is 1. The molecule has 0 spiro atoms. The topological polar surface area (TPSA) is 46.2 Å². The van der Waals surface area contributed by atoms with Crippen LogP contribution in [0.1, 0.15) is 24.5 Å². The van der Waals surface area contributed by atoms with Crippen molar-refractivity contribution in [2.75, 3.05) is 5.73 Å². The van der Waals surface area contributed by atoms with Gasteiger partial charge in [0.2, 0.25) is 0 Å². The molecule has 0 unspecified atom stereocenters. The number of nitrogen functional groups attached to an aromatic ring is 1. The maximum atomic E-state index is 9.29. The smallest absolute Gasteiger partial charge is 0.116 e. The van der Waals surface area contributed by atoms with Crippen LogP contribution in [0.3, 0.4) is 0 Å². The molecule has 0 saturated heterocycles. The van der Waals surface area contributed by atoms with Gasteiger partial charge in [-0.2, -0.15) is 0 Å². The summed E-state index contributed by atoms with van der Waals surface area (Å²) < 4.78 is 0. The molecule has 1 aromatic carbocycles.